The van der Waals surface area contributed by atoms with Gasteiger partial charge in [-0.15, -0.1) is 11.8 Å². The number of nitrogens with two attached hydrogens (primary N) is 1. The molecule has 94 valence electrons. The zero-order valence-electron chi connectivity index (χ0n) is 9.64. The highest BCUT2D eigenvalue weighted by Crippen LogP contribution is 2.26. The molecule has 4 heteroatoms. The van der Waals surface area contributed by atoms with Gasteiger partial charge in [-0.3, -0.25) is 0 Å². The lowest BCUT2D eigenvalue weighted by molar-refractivity contribution is 0.595. The zero-order valence-corrected chi connectivity index (χ0v) is 12.0. The fourth-order valence-corrected chi connectivity index (χ4v) is 2.87. The third-order valence-electron chi connectivity index (χ3n) is 2.53. The van der Waals surface area contributed by atoms with Crippen LogP contribution >= 0.6 is 27.7 Å². The van der Waals surface area contributed by atoms with Gasteiger partial charge in [-0.05, 0) is 30.3 Å². The molecule has 0 aliphatic rings. The van der Waals surface area contributed by atoms with Gasteiger partial charge in [0.1, 0.15) is 5.82 Å². The minimum absolute atomic E-state index is 0.251. The second kappa shape index (κ2) is 6.36. The molecule has 0 spiro atoms. The third-order valence-corrected chi connectivity index (χ3v) is 4.15. The van der Waals surface area contributed by atoms with Gasteiger partial charge in [0.05, 0.1) is 0 Å². The zero-order chi connectivity index (χ0) is 13.0. The molecule has 0 bridgehead atoms. The van der Waals surface area contributed by atoms with E-state index in [0.717, 1.165) is 9.37 Å². The summed E-state index contributed by atoms with van der Waals surface area (Å²) in [5.74, 6) is 0.400. The van der Waals surface area contributed by atoms with Crippen molar-refractivity contribution < 1.29 is 4.39 Å². The van der Waals surface area contributed by atoms with Crippen molar-refractivity contribution in [3.05, 3.63) is 64.4 Å². The molecule has 0 saturated heterocycles. The molecule has 0 radical (unpaired) electrons. The van der Waals surface area contributed by atoms with Crippen LogP contribution in [0.4, 0.5) is 4.39 Å². The Morgan fingerprint density at radius 2 is 1.89 bits per heavy atom. The van der Waals surface area contributed by atoms with E-state index in [0.29, 0.717) is 11.3 Å². The SMILES string of the molecule is NC(CSc1ccccc1)c1cc(Br)ccc1F. The summed E-state index contributed by atoms with van der Waals surface area (Å²) in [6.07, 6.45) is 0. The first kappa shape index (κ1) is 13.6. The molecular formula is C14H13BrFNS. The molecule has 1 nitrogen and oxygen atoms in total. The third kappa shape index (κ3) is 3.57. The highest BCUT2D eigenvalue weighted by Gasteiger charge is 2.12. The van der Waals surface area contributed by atoms with Crippen molar-refractivity contribution in [3.8, 4) is 0 Å². The van der Waals surface area contributed by atoms with Gasteiger partial charge in [-0.1, -0.05) is 34.1 Å². The van der Waals surface area contributed by atoms with E-state index in [2.05, 4.69) is 15.9 Å². The van der Waals surface area contributed by atoms with Crippen LogP contribution in [0.3, 0.4) is 0 Å². The van der Waals surface area contributed by atoms with Crippen LogP contribution in [0, 0.1) is 5.82 Å². The van der Waals surface area contributed by atoms with Crippen LogP contribution in [0.5, 0.6) is 0 Å². The Kier molecular flexibility index (Phi) is 4.80. The summed E-state index contributed by atoms with van der Waals surface area (Å²) in [7, 11) is 0. The van der Waals surface area contributed by atoms with E-state index in [9.17, 15) is 4.39 Å². The van der Waals surface area contributed by atoms with E-state index in [1.807, 2.05) is 30.3 Å². The Morgan fingerprint density at radius 1 is 1.17 bits per heavy atom. The highest BCUT2D eigenvalue weighted by atomic mass is 79.9. The fourth-order valence-electron chi connectivity index (χ4n) is 1.59. The summed E-state index contributed by atoms with van der Waals surface area (Å²) in [4.78, 5) is 1.14. The summed E-state index contributed by atoms with van der Waals surface area (Å²) in [5, 5.41) is 0. The molecule has 0 fully saturated rings. The maximum Gasteiger partial charge on any atom is 0.128 e. The highest BCUT2D eigenvalue weighted by molar-refractivity contribution is 9.10. The van der Waals surface area contributed by atoms with Crippen LogP contribution in [0.1, 0.15) is 11.6 Å². The summed E-state index contributed by atoms with van der Waals surface area (Å²) in [6.45, 7) is 0. The molecule has 18 heavy (non-hydrogen) atoms. The number of thioether (sulfide) groups is 1. The van der Waals surface area contributed by atoms with Crippen LogP contribution in [-0.4, -0.2) is 5.75 Å². The molecule has 1 unspecified atom stereocenters. The second-order valence-electron chi connectivity index (χ2n) is 3.90. The van der Waals surface area contributed by atoms with E-state index in [4.69, 9.17) is 5.73 Å². The van der Waals surface area contributed by atoms with Gasteiger partial charge < -0.3 is 5.73 Å². The van der Waals surface area contributed by atoms with Crippen LogP contribution < -0.4 is 5.73 Å². The Bertz CT molecular complexity index is 518. The minimum atomic E-state index is -0.312. The lowest BCUT2D eigenvalue weighted by Crippen LogP contribution is -2.14. The van der Waals surface area contributed by atoms with E-state index < -0.39 is 0 Å². The van der Waals surface area contributed by atoms with E-state index in [1.54, 1.807) is 23.9 Å². The second-order valence-corrected chi connectivity index (χ2v) is 5.91. The summed E-state index contributed by atoms with van der Waals surface area (Å²) in [6, 6.07) is 14.5. The average molecular weight is 326 g/mol. The molecule has 0 amide bonds. The Hall–Kier alpha value is -0.840. The lowest BCUT2D eigenvalue weighted by atomic mass is 10.1. The number of halogens is 2. The fraction of sp³-hybridized carbons (Fsp3) is 0.143. The van der Waals surface area contributed by atoms with Crippen LogP contribution in [0.25, 0.3) is 0 Å². The summed E-state index contributed by atoms with van der Waals surface area (Å²) < 4.78 is 14.5. The normalized spacial score (nSPS) is 12.4. The number of hydrogen-bond acceptors (Lipinski definition) is 2. The number of benzene rings is 2. The topological polar surface area (TPSA) is 26.0 Å². The monoisotopic (exact) mass is 325 g/mol. The van der Waals surface area contributed by atoms with Gasteiger partial charge in [0.25, 0.3) is 0 Å². The van der Waals surface area contributed by atoms with Crippen LogP contribution in [-0.2, 0) is 0 Å². The molecule has 0 aliphatic heterocycles. The molecule has 0 aromatic heterocycles. The Labute approximate surface area is 119 Å². The largest absolute Gasteiger partial charge is 0.323 e. The van der Waals surface area contributed by atoms with E-state index >= 15 is 0 Å². The van der Waals surface area contributed by atoms with Crippen molar-refractivity contribution in [1.29, 1.82) is 0 Å². The molecule has 1 atom stereocenters. The number of rotatable bonds is 4. The standard InChI is InChI=1S/C14H13BrFNS/c15-10-6-7-13(16)12(8-10)14(17)9-18-11-4-2-1-3-5-11/h1-8,14H,9,17H2. The molecule has 2 N–H and O–H groups in total. The van der Waals surface area contributed by atoms with Crippen LogP contribution in [0.2, 0.25) is 0 Å². The minimum Gasteiger partial charge on any atom is -0.323 e. The van der Waals surface area contributed by atoms with Gasteiger partial charge >= 0.3 is 0 Å². The van der Waals surface area contributed by atoms with E-state index in [1.165, 1.54) is 6.07 Å². The first-order valence-corrected chi connectivity index (χ1v) is 7.33. The Balaban J connectivity index is 2.03. The Morgan fingerprint density at radius 3 is 2.61 bits per heavy atom. The maximum atomic E-state index is 13.6. The van der Waals surface area contributed by atoms with Crippen molar-refractivity contribution in [2.24, 2.45) is 5.73 Å². The van der Waals surface area contributed by atoms with Crippen molar-refractivity contribution in [1.82, 2.24) is 0 Å². The summed E-state index contributed by atoms with van der Waals surface area (Å²) in [5.41, 5.74) is 6.58. The van der Waals surface area contributed by atoms with Gasteiger partial charge in [-0.2, -0.15) is 0 Å². The quantitative estimate of drug-likeness (QED) is 0.844. The maximum absolute atomic E-state index is 13.6. The average Bonchev–Trinajstić information content (AvgIpc) is 2.40. The first-order chi connectivity index (χ1) is 8.66. The molecular weight excluding hydrogens is 313 g/mol. The van der Waals surface area contributed by atoms with Crippen molar-refractivity contribution >= 4 is 27.7 Å². The molecule has 2 rings (SSSR count). The van der Waals surface area contributed by atoms with Crippen molar-refractivity contribution in [2.45, 2.75) is 10.9 Å². The van der Waals surface area contributed by atoms with Crippen molar-refractivity contribution in [2.75, 3.05) is 5.75 Å². The molecule has 0 heterocycles. The molecule has 0 saturated carbocycles. The first-order valence-electron chi connectivity index (χ1n) is 5.55. The van der Waals surface area contributed by atoms with Gasteiger partial charge in [-0.25, -0.2) is 4.39 Å². The van der Waals surface area contributed by atoms with Gasteiger partial charge in [0.15, 0.2) is 0 Å². The number of hydrogen-bond donors (Lipinski definition) is 1. The van der Waals surface area contributed by atoms with Crippen molar-refractivity contribution in [3.63, 3.8) is 0 Å². The van der Waals surface area contributed by atoms with Gasteiger partial charge in [0.2, 0.25) is 0 Å². The molecule has 2 aromatic rings. The molecule has 0 aliphatic carbocycles. The molecule has 2 aromatic carbocycles. The smallest absolute Gasteiger partial charge is 0.128 e. The van der Waals surface area contributed by atoms with E-state index in [-0.39, 0.29) is 11.9 Å². The van der Waals surface area contributed by atoms with Gasteiger partial charge in [0, 0.05) is 26.7 Å². The van der Waals surface area contributed by atoms with Crippen LogP contribution in [0.15, 0.2) is 57.9 Å². The predicted molar refractivity (Wildman–Crippen MR) is 78.2 cm³/mol. The lowest BCUT2D eigenvalue weighted by Gasteiger charge is -2.13. The predicted octanol–water partition coefficient (Wildman–Crippen LogP) is 4.38. The summed E-state index contributed by atoms with van der Waals surface area (Å²) >= 11 is 4.96.